The normalized spacial score (nSPS) is 27.2. The first-order chi connectivity index (χ1) is 12.8. The number of nitriles is 1. The van der Waals surface area contributed by atoms with E-state index in [1.165, 1.54) is 29.5 Å². The molecule has 0 aliphatic heterocycles. The number of benzene rings is 2. The molecule has 3 nitrogen and oxygen atoms in total. The molecule has 0 aromatic heterocycles. The van der Waals surface area contributed by atoms with E-state index in [9.17, 15) is 5.11 Å². The van der Waals surface area contributed by atoms with Crippen LogP contribution in [0.2, 0.25) is 0 Å². The van der Waals surface area contributed by atoms with Gasteiger partial charge in [-0.1, -0.05) is 42.8 Å². The minimum absolute atomic E-state index is 0.0274. The number of hydrogen-bond donors (Lipinski definition) is 2. The molecule has 0 heterocycles. The smallest absolute Gasteiger partial charge is 0.0991 e. The highest BCUT2D eigenvalue weighted by Crippen LogP contribution is 2.58. The van der Waals surface area contributed by atoms with Gasteiger partial charge in [-0.05, 0) is 60.4 Å². The third-order valence-electron chi connectivity index (χ3n) is 6.24. The number of hydrogen-bond acceptors (Lipinski definition) is 3. The summed E-state index contributed by atoms with van der Waals surface area (Å²) >= 11 is 0. The van der Waals surface area contributed by atoms with Crippen LogP contribution in [0.15, 0.2) is 48.5 Å². The van der Waals surface area contributed by atoms with Crippen LogP contribution in [-0.2, 0) is 6.42 Å². The zero-order chi connectivity index (χ0) is 18.0. The van der Waals surface area contributed by atoms with Crippen molar-refractivity contribution in [2.45, 2.75) is 44.1 Å². The maximum atomic E-state index is 10.1. The molecule has 3 atom stereocenters. The number of fused-ring (bicyclic) bond motifs is 1. The predicted molar refractivity (Wildman–Crippen MR) is 103 cm³/mol. The van der Waals surface area contributed by atoms with Crippen LogP contribution in [0.3, 0.4) is 0 Å². The molecule has 134 valence electrons. The van der Waals surface area contributed by atoms with E-state index < -0.39 is 0 Å². The zero-order valence-electron chi connectivity index (χ0n) is 15.1. The number of nitrogens with one attached hydrogen (secondary N) is 1. The summed E-state index contributed by atoms with van der Waals surface area (Å²) in [5.74, 6) is 0.451. The van der Waals surface area contributed by atoms with Crippen molar-refractivity contribution in [1.82, 2.24) is 5.32 Å². The average molecular weight is 346 g/mol. The standard InChI is InChI=1S/C23H26N2O/c24-14-17-10-11-20-19(12-17)8-4-5-9-22(20)25-15-23(16-26)13-21(23)18-6-2-1-3-7-18/h1-3,6-7,10-12,21-22,25-26H,4-5,8-9,13,15-16H2. The highest BCUT2D eigenvalue weighted by atomic mass is 16.3. The van der Waals surface area contributed by atoms with E-state index in [2.05, 4.69) is 47.8 Å². The van der Waals surface area contributed by atoms with E-state index in [1.54, 1.807) is 0 Å². The van der Waals surface area contributed by atoms with Gasteiger partial charge >= 0.3 is 0 Å². The molecule has 3 heteroatoms. The van der Waals surface area contributed by atoms with Gasteiger partial charge in [-0.2, -0.15) is 5.26 Å². The highest BCUT2D eigenvalue weighted by molar-refractivity contribution is 5.40. The molecule has 2 N–H and O–H groups in total. The summed E-state index contributed by atoms with van der Waals surface area (Å²) in [5.41, 5.74) is 4.71. The summed E-state index contributed by atoms with van der Waals surface area (Å²) in [6, 6.07) is 19.3. The Labute approximate surface area is 155 Å². The molecule has 0 amide bonds. The van der Waals surface area contributed by atoms with Gasteiger partial charge in [-0.25, -0.2) is 0 Å². The first-order valence-corrected chi connectivity index (χ1v) is 9.68. The molecule has 1 fully saturated rings. The monoisotopic (exact) mass is 346 g/mol. The maximum absolute atomic E-state index is 10.1. The zero-order valence-corrected chi connectivity index (χ0v) is 15.1. The maximum Gasteiger partial charge on any atom is 0.0991 e. The summed E-state index contributed by atoms with van der Waals surface area (Å²) < 4.78 is 0. The van der Waals surface area contributed by atoms with Gasteiger partial charge in [0.1, 0.15) is 0 Å². The van der Waals surface area contributed by atoms with Crippen molar-refractivity contribution < 1.29 is 5.11 Å². The summed E-state index contributed by atoms with van der Waals surface area (Å²) in [7, 11) is 0. The van der Waals surface area contributed by atoms with E-state index in [0.717, 1.165) is 31.4 Å². The Morgan fingerprint density at radius 3 is 2.77 bits per heavy atom. The molecule has 0 radical (unpaired) electrons. The molecular weight excluding hydrogens is 320 g/mol. The largest absolute Gasteiger partial charge is 0.396 e. The minimum atomic E-state index is -0.0274. The Morgan fingerprint density at radius 1 is 1.15 bits per heavy atom. The SMILES string of the molecule is N#Cc1ccc2c(c1)CCCCC2NCC1(CO)CC1c1ccccc1. The van der Waals surface area contributed by atoms with Crippen LogP contribution in [0.25, 0.3) is 0 Å². The van der Waals surface area contributed by atoms with Crippen LogP contribution in [-0.4, -0.2) is 18.3 Å². The molecular formula is C23H26N2O. The average Bonchev–Trinajstić information content (AvgIpc) is 3.46. The number of aliphatic hydroxyl groups is 1. The van der Waals surface area contributed by atoms with Crippen molar-refractivity contribution >= 4 is 0 Å². The van der Waals surface area contributed by atoms with Gasteiger partial charge in [0.15, 0.2) is 0 Å². The first-order valence-electron chi connectivity index (χ1n) is 9.68. The molecule has 26 heavy (non-hydrogen) atoms. The van der Waals surface area contributed by atoms with Crippen LogP contribution in [0, 0.1) is 16.7 Å². The second-order valence-corrected chi connectivity index (χ2v) is 7.89. The van der Waals surface area contributed by atoms with Crippen LogP contribution >= 0.6 is 0 Å². The molecule has 2 aliphatic rings. The molecule has 2 aromatic rings. The second kappa shape index (κ2) is 7.23. The Kier molecular flexibility index (Phi) is 4.80. The van der Waals surface area contributed by atoms with Crippen molar-refractivity contribution in [3.63, 3.8) is 0 Å². The molecule has 0 bridgehead atoms. The number of aliphatic hydroxyl groups excluding tert-OH is 1. The Hall–Kier alpha value is -2.15. The molecule has 4 rings (SSSR count). The fraction of sp³-hybridized carbons (Fsp3) is 0.435. The lowest BCUT2D eigenvalue weighted by Gasteiger charge is -2.23. The van der Waals surface area contributed by atoms with Gasteiger partial charge in [0.25, 0.3) is 0 Å². The second-order valence-electron chi connectivity index (χ2n) is 7.89. The summed E-state index contributed by atoms with van der Waals surface area (Å²) in [5, 5.41) is 23.0. The number of aryl methyl sites for hydroxylation is 1. The van der Waals surface area contributed by atoms with E-state index >= 15 is 0 Å². The van der Waals surface area contributed by atoms with Crippen molar-refractivity contribution in [2.24, 2.45) is 5.41 Å². The van der Waals surface area contributed by atoms with Crippen molar-refractivity contribution in [1.29, 1.82) is 5.26 Å². The van der Waals surface area contributed by atoms with E-state index in [-0.39, 0.29) is 12.0 Å². The van der Waals surface area contributed by atoms with Crippen LogP contribution in [0.1, 0.15) is 59.9 Å². The fourth-order valence-electron chi connectivity index (χ4n) is 4.52. The van der Waals surface area contributed by atoms with Gasteiger partial charge < -0.3 is 10.4 Å². The van der Waals surface area contributed by atoms with Crippen LogP contribution in [0.4, 0.5) is 0 Å². The molecule has 1 saturated carbocycles. The lowest BCUT2D eigenvalue weighted by molar-refractivity contribution is 0.198. The molecule has 0 saturated heterocycles. The predicted octanol–water partition coefficient (Wildman–Crippen LogP) is 4.08. The fourth-order valence-corrected chi connectivity index (χ4v) is 4.52. The molecule has 2 aromatic carbocycles. The third-order valence-corrected chi connectivity index (χ3v) is 6.24. The highest BCUT2D eigenvalue weighted by Gasteiger charge is 2.54. The van der Waals surface area contributed by atoms with Gasteiger partial charge in [-0.3, -0.25) is 0 Å². The Balaban J connectivity index is 1.49. The molecule has 2 aliphatic carbocycles. The van der Waals surface area contributed by atoms with Crippen LogP contribution < -0.4 is 5.32 Å². The lowest BCUT2D eigenvalue weighted by atomic mass is 9.95. The lowest BCUT2D eigenvalue weighted by Crippen LogP contribution is -2.31. The molecule has 3 unspecified atom stereocenters. The number of rotatable bonds is 5. The van der Waals surface area contributed by atoms with Crippen molar-refractivity contribution in [2.75, 3.05) is 13.2 Å². The topological polar surface area (TPSA) is 56.0 Å². The summed E-state index contributed by atoms with van der Waals surface area (Å²) in [6.07, 6.45) is 5.60. The van der Waals surface area contributed by atoms with Crippen molar-refractivity contribution in [3.8, 4) is 6.07 Å². The summed E-state index contributed by atoms with van der Waals surface area (Å²) in [6.45, 7) is 1.07. The van der Waals surface area contributed by atoms with E-state index in [0.29, 0.717) is 12.0 Å². The first kappa shape index (κ1) is 17.3. The summed E-state index contributed by atoms with van der Waals surface area (Å²) in [4.78, 5) is 0. The minimum Gasteiger partial charge on any atom is -0.396 e. The van der Waals surface area contributed by atoms with E-state index in [4.69, 9.17) is 5.26 Å². The van der Waals surface area contributed by atoms with Gasteiger partial charge in [0.2, 0.25) is 0 Å². The van der Waals surface area contributed by atoms with Gasteiger partial charge in [0, 0.05) is 18.0 Å². The third kappa shape index (κ3) is 3.28. The van der Waals surface area contributed by atoms with Crippen LogP contribution in [0.5, 0.6) is 0 Å². The Morgan fingerprint density at radius 2 is 2.00 bits per heavy atom. The van der Waals surface area contributed by atoms with Gasteiger partial charge in [0.05, 0.1) is 18.2 Å². The molecule has 0 spiro atoms. The van der Waals surface area contributed by atoms with Crippen molar-refractivity contribution in [3.05, 3.63) is 70.8 Å². The van der Waals surface area contributed by atoms with E-state index in [1.807, 2.05) is 12.1 Å². The quantitative estimate of drug-likeness (QED) is 0.802. The van der Waals surface area contributed by atoms with Gasteiger partial charge in [-0.15, -0.1) is 0 Å². The Bertz CT molecular complexity index is 811. The number of nitrogens with zero attached hydrogens (tertiary/aromatic N) is 1.